The van der Waals surface area contributed by atoms with Gasteiger partial charge in [-0.3, -0.25) is 4.79 Å². The molecule has 3 N–H and O–H groups in total. The Morgan fingerprint density at radius 2 is 2.26 bits per heavy atom. The van der Waals surface area contributed by atoms with Crippen LogP contribution < -0.4 is 11.1 Å². The molecule has 0 spiro atoms. The van der Waals surface area contributed by atoms with Crippen LogP contribution in [0.15, 0.2) is 22.7 Å². The molecule has 0 heterocycles. The highest BCUT2D eigenvalue weighted by Crippen LogP contribution is 2.31. The van der Waals surface area contributed by atoms with Crippen LogP contribution in [0.2, 0.25) is 0 Å². The second-order valence-corrected chi connectivity index (χ2v) is 5.84. The van der Waals surface area contributed by atoms with E-state index in [0.717, 1.165) is 24.8 Å². The number of carbonyl (C=O) groups is 1. The van der Waals surface area contributed by atoms with Crippen molar-refractivity contribution in [3.63, 3.8) is 0 Å². The second-order valence-electron chi connectivity index (χ2n) is 4.99. The molecular weight excluding hydrogens is 311 g/mol. The molecule has 1 aromatic carbocycles. The molecule has 1 aliphatic rings. The number of carbonyl (C=O) groups excluding carboxylic acids is 1. The van der Waals surface area contributed by atoms with E-state index in [1.807, 2.05) is 0 Å². The summed E-state index contributed by atoms with van der Waals surface area (Å²) in [6.45, 7) is 0.978. The number of hydrogen-bond acceptors (Lipinski definition) is 2. The average Bonchev–Trinajstić information content (AvgIpc) is 2.85. The fourth-order valence-electron chi connectivity index (χ4n) is 2.64. The van der Waals surface area contributed by atoms with Gasteiger partial charge in [0.2, 0.25) is 5.91 Å². The van der Waals surface area contributed by atoms with Gasteiger partial charge in [-0.05, 0) is 43.0 Å². The molecule has 1 fully saturated rings. The number of benzene rings is 1. The molecule has 0 aromatic heterocycles. The van der Waals surface area contributed by atoms with Crippen LogP contribution in [-0.4, -0.2) is 12.5 Å². The summed E-state index contributed by atoms with van der Waals surface area (Å²) in [5, 5.41) is 2.92. The van der Waals surface area contributed by atoms with Crippen molar-refractivity contribution in [2.75, 3.05) is 6.54 Å². The summed E-state index contributed by atoms with van der Waals surface area (Å²) >= 11 is 3.29. The predicted octanol–water partition coefficient (Wildman–Crippen LogP) is 2.58. The largest absolute Gasteiger partial charge is 0.352 e. The van der Waals surface area contributed by atoms with Crippen LogP contribution in [0, 0.1) is 17.7 Å². The first kappa shape index (κ1) is 14.5. The minimum absolute atomic E-state index is 0.0317. The number of amides is 1. The fraction of sp³-hybridized carbons (Fsp3) is 0.500. The van der Waals surface area contributed by atoms with Crippen LogP contribution in [0.3, 0.4) is 0 Å². The van der Waals surface area contributed by atoms with Gasteiger partial charge >= 0.3 is 0 Å². The number of rotatable bonds is 4. The first-order valence-electron chi connectivity index (χ1n) is 6.53. The topological polar surface area (TPSA) is 55.1 Å². The molecular formula is C14H18BrFN2O. The zero-order chi connectivity index (χ0) is 13.8. The highest BCUT2D eigenvalue weighted by molar-refractivity contribution is 9.10. The van der Waals surface area contributed by atoms with Crippen molar-refractivity contribution in [1.29, 1.82) is 0 Å². The Kier molecular flexibility index (Phi) is 4.93. The molecule has 0 bridgehead atoms. The lowest BCUT2D eigenvalue weighted by Gasteiger charge is -2.17. The van der Waals surface area contributed by atoms with Crippen LogP contribution in [0.4, 0.5) is 4.39 Å². The zero-order valence-corrected chi connectivity index (χ0v) is 12.2. The molecule has 1 aliphatic carbocycles. The Morgan fingerprint density at radius 1 is 1.47 bits per heavy atom. The average molecular weight is 329 g/mol. The minimum Gasteiger partial charge on any atom is -0.352 e. The van der Waals surface area contributed by atoms with Gasteiger partial charge in [0.1, 0.15) is 5.82 Å². The van der Waals surface area contributed by atoms with Crippen molar-refractivity contribution in [3.8, 4) is 0 Å². The predicted molar refractivity (Wildman–Crippen MR) is 75.8 cm³/mol. The number of nitrogens with one attached hydrogen (secondary N) is 1. The summed E-state index contributed by atoms with van der Waals surface area (Å²) < 4.78 is 13.6. The molecule has 5 heteroatoms. The monoisotopic (exact) mass is 328 g/mol. The van der Waals surface area contributed by atoms with Gasteiger partial charge in [-0.15, -0.1) is 0 Å². The Balaban J connectivity index is 1.93. The van der Waals surface area contributed by atoms with E-state index in [9.17, 15) is 9.18 Å². The molecule has 2 rings (SSSR count). The van der Waals surface area contributed by atoms with Crippen molar-refractivity contribution in [2.45, 2.75) is 25.8 Å². The Labute approximate surface area is 120 Å². The van der Waals surface area contributed by atoms with E-state index < -0.39 is 0 Å². The summed E-state index contributed by atoms with van der Waals surface area (Å²) in [6, 6.07) is 4.47. The van der Waals surface area contributed by atoms with Crippen LogP contribution in [0.25, 0.3) is 0 Å². The van der Waals surface area contributed by atoms with Gasteiger partial charge in [0.25, 0.3) is 0 Å². The molecule has 3 nitrogen and oxygen atoms in total. The lowest BCUT2D eigenvalue weighted by atomic mass is 9.95. The van der Waals surface area contributed by atoms with E-state index >= 15 is 0 Å². The van der Waals surface area contributed by atoms with Gasteiger partial charge < -0.3 is 11.1 Å². The van der Waals surface area contributed by atoms with Gasteiger partial charge in [0.15, 0.2) is 0 Å². The van der Waals surface area contributed by atoms with E-state index in [0.29, 0.717) is 23.5 Å². The maximum absolute atomic E-state index is 13.0. The molecule has 0 radical (unpaired) electrons. The second kappa shape index (κ2) is 6.48. The van der Waals surface area contributed by atoms with Gasteiger partial charge in [-0.2, -0.15) is 0 Å². The molecule has 0 unspecified atom stereocenters. The quantitative estimate of drug-likeness (QED) is 0.892. The molecule has 0 aliphatic heterocycles. The molecule has 104 valence electrons. The van der Waals surface area contributed by atoms with Crippen molar-refractivity contribution in [2.24, 2.45) is 17.6 Å². The van der Waals surface area contributed by atoms with E-state index in [1.165, 1.54) is 12.1 Å². The molecule has 19 heavy (non-hydrogen) atoms. The van der Waals surface area contributed by atoms with Crippen molar-refractivity contribution < 1.29 is 9.18 Å². The Morgan fingerprint density at radius 3 is 2.95 bits per heavy atom. The maximum Gasteiger partial charge on any atom is 0.223 e. The van der Waals surface area contributed by atoms with Gasteiger partial charge in [0.05, 0.1) is 0 Å². The number of hydrogen-bond donors (Lipinski definition) is 2. The summed E-state index contributed by atoms with van der Waals surface area (Å²) in [5.74, 6) is 0.103. The number of nitrogens with two attached hydrogens (primary N) is 1. The highest BCUT2D eigenvalue weighted by atomic mass is 79.9. The van der Waals surface area contributed by atoms with Crippen LogP contribution in [-0.2, 0) is 11.3 Å². The molecule has 1 saturated carbocycles. The molecule has 1 amide bonds. The van der Waals surface area contributed by atoms with Gasteiger partial charge in [0, 0.05) is 16.9 Å². The van der Waals surface area contributed by atoms with Crippen molar-refractivity contribution in [3.05, 3.63) is 34.1 Å². The van der Waals surface area contributed by atoms with E-state index in [-0.39, 0.29) is 17.6 Å². The molecule has 2 atom stereocenters. The first-order chi connectivity index (χ1) is 9.11. The molecule has 1 aromatic rings. The van der Waals surface area contributed by atoms with Gasteiger partial charge in [-0.25, -0.2) is 4.39 Å². The maximum atomic E-state index is 13.0. The van der Waals surface area contributed by atoms with E-state index in [4.69, 9.17) is 5.73 Å². The standard InChI is InChI=1S/C14H18BrFN2O/c15-13-6-11(16)5-4-10(13)8-18-14(19)12-3-1-2-9(12)7-17/h4-6,9,12H,1-3,7-8,17H2,(H,18,19)/t9-,12-/m1/s1. The van der Waals surface area contributed by atoms with E-state index in [1.54, 1.807) is 6.07 Å². The van der Waals surface area contributed by atoms with Crippen molar-refractivity contribution in [1.82, 2.24) is 5.32 Å². The Bertz CT molecular complexity index is 467. The summed E-state index contributed by atoms with van der Waals surface area (Å²) in [7, 11) is 0. The lowest BCUT2D eigenvalue weighted by molar-refractivity contribution is -0.126. The van der Waals surface area contributed by atoms with Gasteiger partial charge in [-0.1, -0.05) is 28.4 Å². The van der Waals surface area contributed by atoms with Crippen LogP contribution >= 0.6 is 15.9 Å². The fourth-order valence-corrected chi connectivity index (χ4v) is 3.13. The zero-order valence-electron chi connectivity index (χ0n) is 10.7. The van der Waals surface area contributed by atoms with Crippen LogP contribution in [0.1, 0.15) is 24.8 Å². The summed E-state index contributed by atoms with van der Waals surface area (Å²) in [5.41, 5.74) is 6.55. The third-order valence-corrected chi connectivity index (χ3v) is 4.50. The Hall–Kier alpha value is -0.940. The number of halogens is 2. The summed E-state index contributed by atoms with van der Waals surface area (Å²) in [6.07, 6.45) is 3.02. The minimum atomic E-state index is -0.291. The normalized spacial score (nSPS) is 22.5. The lowest BCUT2D eigenvalue weighted by Crippen LogP contribution is -2.34. The molecule has 0 saturated heterocycles. The first-order valence-corrected chi connectivity index (χ1v) is 7.33. The van der Waals surface area contributed by atoms with Crippen LogP contribution in [0.5, 0.6) is 0 Å². The van der Waals surface area contributed by atoms with E-state index in [2.05, 4.69) is 21.2 Å². The SMILES string of the molecule is NC[C@H]1CCC[C@H]1C(=O)NCc1ccc(F)cc1Br. The van der Waals surface area contributed by atoms with Crippen molar-refractivity contribution >= 4 is 21.8 Å². The third kappa shape index (κ3) is 3.54. The smallest absolute Gasteiger partial charge is 0.223 e. The summed E-state index contributed by atoms with van der Waals surface area (Å²) in [4.78, 5) is 12.1. The highest BCUT2D eigenvalue weighted by Gasteiger charge is 2.31. The third-order valence-electron chi connectivity index (χ3n) is 3.77.